The van der Waals surface area contributed by atoms with Crippen LogP contribution in [0.3, 0.4) is 0 Å². The van der Waals surface area contributed by atoms with Crippen LogP contribution in [0.2, 0.25) is 0 Å². The maximum Gasteiger partial charge on any atom is 0.409 e. The first kappa shape index (κ1) is 85.3. The monoisotopic (exact) mass is 1650 g/mol. The first-order valence-corrected chi connectivity index (χ1v) is 40.9. The largest absolute Gasteiger partial charge is 0.481 e. The quantitative estimate of drug-likeness (QED) is 0.0192. The van der Waals surface area contributed by atoms with Crippen molar-refractivity contribution >= 4 is 108 Å². The van der Waals surface area contributed by atoms with E-state index < -0.39 is 162 Å². The van der Waals surface area contributed by atoms with Gasteiger partial charge in [0.2, 0.25) is 29.5 Å². The summed E-state index contributed by atoms with van der Waals surface area (Å²) in [7, 11) is -2.86. The smallest absolute Gasteiger partial charge is 0.409 e. The third-order valence-corrected chi connectivity index (χ3v) is 25.1. The van der Waals surface area contributed by atoms with Gasteiger partial charge in [-0.05, 0) is 159 Å². The molecule has 4 aliphatic carbocycles. The van der Waals surface area contributed by atoms with Crippen LogP contribution in [0, 0.1) is 29.1 Å². The number of aromatic carboxylic acids is 1. The van der Waals surface area contributed by atoms with E-state index in [2.05, 4.69) is 45.4 Å². The first-order chi connectivity index (χ1) is 54.8. The molecule has 6 aromatic rings. The number of carboxylic acid groups (broad SMARTS) is 3. The highest BCUT2D eigenvalue weighted by molar-refractivity contribution is 7.85. The maximum atomic E-state index is 13.9. The first-order valence-electron chi connectivity index (χ1n) is 38.4. The summed E-state index contributed by atoms with van der Waals surface area (Å²) in [5, 5.41) is 80.4. The second-order valence-corrected chi connectivity index (χ2v) is 35.0. The maximum absolute atomic E-state index is 13.9. The molecule has 4 unspecified atom stereocenters. The van der Waals surface area contributed by atoms with Crippen molar-refractivity contribution in [2.24, 2.45) is 22.2 Å². The molecule has 13 atom stereocenters. The molecule has 2 saturated heterocycles. The van der Waals surface area contributed by atoms with Crippen LogP contribution >= 0.6 is 11.3 Å². The zero-order valence-electron chi connectivity index (χ0n) is 65.2. The molecule has 13 rings (SSSR count). The number of aliphatic hydroxyl groups excluding tert-OH is 3. The number of rotatable bonds is 34. The zero-order chi connectivity index (χ0) is 83.7. The SMILES string of the molecule is Cc1c(-c2ccc(N3CCc4cccc(C(=O)Nc5nc6ccccc6s5)c4C3)nc2C(=O)O)cnn1CC12CC3(C)CC(OCCN(C)C(=O)OCc4ccc(NC(=O)[C@H](C)NC(=O)[C@@H](NC(=O)CN5C(=O)[C@@H](NC(=O)CCC(=O)O)C[C@H]5COCCS(=O)(=O)O)C(C)C)cc4CC[C@@H]4O[C@H](C(=O)O)[C@@H](O)[C@H](O)[C@H]4O)(CC1(C)C3)C2. The second kappa shape index (κ2) is 34.6. The fourth-order valence-corrected chi connectivity index (χ4v) is 19.3. The van der Waals surface area contributed by atoms with E-state index in [1.54, 1.807) is 45.3 Å². The van der Waals surface area contributed by atoms with Crippen molar-refractivity contribution < 1.29 is 111 Å². The predicted molar refractivity (Wildman–Crippen MR) is 417 cm³/mol. The number of hydrogen-bond donors (Lipinski definition) is 12. The number of nitrogens with one attached hydrogen (secondary N) is 5. The van der Waals surface area contributed by atoms with Crippen LogP contribution in [0.5, 0.6) is 0 Å². The van der Waals surface area contributed by atoms with Crippen molar-refractivity contribution in [1.29, 1.82) is 0 Å². The number of thiazole rings is 1. The minimum atomic E-state index is -4.42. The number of likely N-dealkylation sites (N-methyl/N-ethyl adjacent to an activating group) is 1. The highest BCUT2D eigenvalue weighted by atomic mass is 32.2. The zero-order valence-corrected chi connectivity index (χ0v) is 66.9. The van der Waals surface area contributed by atoms with Crippen molar-refractivity contribution in [2.45, 2.75) is 192 Å². The highest BCUT2D eigenvalue weighted by Crippen LogP contribution is 2.78. The van der Waals surface area contributed by atoms with Crippen molar-refractivity contribution in [3.63, 3.8) is 0 Å². The van der Waals surface area contributed by atoms with Crippen molar-refractivity contribution in [3.05, 3.63) is 118 Å². The van der Waals surface area contributed by atoms with Gasteiger partial charge in [-0.3, -0.25) is 48.1 Å². The number of hydrogen-bond acceptors (Lipinski definition) is 24. The van der Waals surface area contributed by atoms with Gasteiger partial charge in [0.1, 0.15) is 48.9 Å². The number of benzene rings is 3. The minimum absolute atomic E-state index is 0.0402. The van der Waals surface area contributed by atoms with Crippen LogP contribution in [0.25, 0.3) is 21.3 Å². The highest BCUT2D eigenvalue weighted by Gasteiger charge is 2.74. The number of aliphatic carboxylic acids is 2. The molecular weight excluding hydrogens is 1550 g/mol. The molecule has 12 N–H and O–H groups in total. The molecule has 3 aliphatic heterocycles. The molecule has 4 saturated carbocycles. The molecule has 6 fully saturated rings. The van der Waals surface area contributed by atoms with Gasteiger partial charge >= 0.3 is 24.0 Å². The van der Waals surface area contributed by atoms with Gasteiger partial charge in [-0.15, -0.1) is 0 Å². The number of aromatic nitrogens is 4. The van der Waals surface area contributed by atoms with Crippen LogP contribution in [-0.4, -0.2) is 245 Å². The van der Waals surface area contributed by atoms with Gasteiger partial charge in [0.25, 0.3) is 16.0 Å². The van der Waals surface area contributed by atoms with Crippen LogP contribution < -0.4 is 31.5 Å². The number of anilines is 3. The molecule has 0 radical (unpaired) electrons. The lowest BCUT2D eigenvalue weighted by atomic mass is 9.65. The third-order valence-electron chi connectivity index (χ3n) is 23.5. The van der Waals surface area contributed by atoms with Gasteiger partial charge in [0, 0.05) is 67.7 Å². The van der Waals surface area contributed by atoms with Crippen molar-refractivity contribution in [3.8, 4) is 11.1 Å². The standard InChI is InChI=1S/C79H98N12O23S2/c1-42(2)62(86-60(93)33-90-49(35-111-27-28-116(108,109)110)30-55(71(90)102)83-59(92)21-22-61(94)95)70(101)81-43(3)68(99)82-48-17-15-47(46(29-48)16-19-56-64(96)65(97)66(98)67(114-56)73(105)106)34-112-75(107)88(7)25-26-113-79-38-76(5)36-77(6,39-79)78(37-76,40-79)41-91-44(4)52(31-80-91)50-18-20-58(85-63(50)72(103)104)89-24-23-45-11-10-12-51(53(45)32-89)69(100)87-74-84-54-13-8-9-14-57(54)115-74/h8-15,17-18,20,29,31,42-43,49,55-56,62,64-67,96-98H,16,19,21-28,30,32-41H2,1-7H3,(H,81,101)(H,82,99)(H,83,92)(H,86,93)(H,94,95)(H,103,104)(H,105,106)(H,84,87,100)(H,108,109,110)/t43-,49-,55-,56-,62-,64-,65+,66-,67-,76?,77?,78?,79?/m0/s1. The summed E-state index contributed by atoms with van der Waals surface area (Å²) >= 11 is 1.39. The summed E-state index contributed by atoms with van der Waals surface area (Å²) in [5.74, 6) is -9.19. The predicted octanol–water partition coefficient (Wildman–Crippen LogP) is 4.70. The average Bonchev–Trinajstić information content (AvgIpc) is 1.50. The molecule has 116 heavy (non-hydrogen) atoms. The fraction of sp³-hybridized carbons (Fsp3) is 0.532. The molecule has 3 aromatic heterocycles. The lowest BCUT2D eigenvalue weighted by Crippen LogP contribution is -2.59. The Morgan fingerprint density at radius 3 is 2.31 bits per heavy atom. The van der Waals surface area contributed by atoms with Crippen LogP contribution in [-0.2, 0) is 95.2 Å². The van der Waals surface area contributed by atoms with E-state index in [1.165, 1.54) is 35.3 Å². The molecule has 7 amide bonds. The molecule has 0 spiro atoms. The fourth-order valence-electron chi connectivity index (χ4n) is 18.1. The van der Waals surface area contributed by atoms with E-state index in [0.29, 0.717) is 71.2 Å². The van der Waals surface area contributed by atoms with Crippen LogP contribution in [0.15, 0.2) is 79.0 Å². The van der Waals surface area contributed by atoms with Crippen molar-refractivity contribution in [2.75, 3.05) is 67.8 Å². The Morgan fingerprint density at radius 2 is 1.59 bits per heavy atom. The molecule has 4 bridgehead atoms. The number of carboxylic acids is 3. The van der Waals surface area contributed by atoms with Gasteiger partial charge in [0.15, 0.2) is 16.9 Å². The second-order valence-electron chi connectivity index (χ2n) is 32.4. The summed E-state index contributed by atoms with van der Waals surface area (Å²) in [4.78, 5) is 146. The van der Waals surface area contributed by atoms with Gasteiger partial charge < -0.3 is 85.6 Å². The number of amides is 7. The number of likely N-dealkylation sites (tertiary alicyclic amines) is 1. The van der Waals surface area contributed by atoms with E-state index in [9.17, 15) is 81.9 Å². The van der Waals surface area contributed by atoms with E-state index in [0.717, 1.165) is 57.6 Å². The lowest BCUT2D eigenvalue weighted by molar-refractivity contribution is -0.228. The normalized spacial score (nSPS) is 25.2. The Morgan fingerprint density at radius 1 is 0.819 bits per heavy atom. The van der Waals surface area contributed by atoms with E-state index in [-0.39, 0.29) is 79.2 Å². The average molecular weight is 1650 g/mol. The number of fused-ring (bicyclic) bond motifs is 2. The number of para-hydroxylation sites is 1. The summed E-state index contributed by atoms with van der Waals surface area (Å²) in [6.07, 6.45) is -4.33. The number of carbonyl (C=O) groups is 10. The summed E-state index contributed by atoms with van der Waals surface area (Å²) in [6, 6.07) is 16.7. The molecule has 37 heteroatoms. The number of carbonyl (C=O) groups excluding carboxylic acids is 7. The van der Waals surface area contributed by atoms with E-state index >= 15 is 0 Å². The minimum Gasteiger partial charge on any atom is -0.481 e. The number of nitrogens with zero attached hydrogens (tertiary/aromatic N) is 7. The summed E-state index contributed by atoms with van der Waals surface area (Å²) < 4.78 is 58.5. The molecule has 35 nitrogen and oxygen atoms in total. The number of ether oxygens (including phenoxy) is 4. The van der Waals surface area contributed by atoms with Crippen LogP contribution in [0.1, 0.15) is 141 Å². The Bertz CT molecular complexity index is 4890. The summed E-state index contributed by atoms with van der Waals surface area (Å²) in [6.45, 7) is 11.0. The Labute approximate surface area is 671 Å². The lowest BCUT2D eigenvalue weighted by Gasteiger charge is -2.46. The van der Waals surface area contributed by atoms with Gasteiger partial charge in [-0.25, -0.2) is 24.4 Å². The van der Waals surface area contributed by atoms with Gasteiger partial charge in [-0.2, -0.15) is 13.5 Å². The topological polar surface area (TPSA) is 497 Å². The molecular formula is C79H98N12O23S2. The number of aliphatic hydroxyl groups is 3. The third kappa shape index (κ3) is 18.9. The number of aryl methyl sites for hydroxylation is 1. The van der Waals surface area contributed by atoms with Crippen LogP contribution in [0.4, 0.5) is 21.4 Å². The Balaban J connectivity index is 0.666. The number of pyridine rings is 1. The van der Waals surface area contributed by atoms with Gasteiger partial charge in [-0.1, -0.05) is 69.4 Å². The molecule has 3 aromatic carbocycles. The molecule has 7 aliphatic rings. The van der Waals surface area contributed by atoms with E-state index in [1.807, 2.05) is 59.0 Å². The Kier molecular flexibility index (Phi) is 25.4. The Hall–Kier alpha value is -10.1. The van der Waals surface area contributed by atoms with E-state index in [4.69, 9.17) is 38.7 Å². The molecule has 624 valence electrons. The summed E-state index contributed by atoms with van der Waals surface area (Å²) in [5.41, 5.74) is 4.78. The van der Waals surface area contributed by atoms with Gasteiger partial charge in [0.05, 0.1) is 72.7 Å². The van der Waals surface area contributed by atoms with Crippen molar-refractivity contribution in [1.82, 2.24) is 45.5 Å². The molecule has 6 heterocycles.